The Hall–Kier alpha value is -4.79. The van der Waals surface area contributed by atoms with Crippen LogP contribution in [-0.2, 0) is 0 Å². The zero-order valence-corrected chi connectivity index (χ0v) is 22.0. The van der Waals surface area contributed by atoms with E-state index >= 15 is 0 Å². The summed E-state index contributed by atoms with van der Waals surface area (Å²) in [6.45, 7) is 2.87. The van der Waals surface area contributed by atoms with E-state index in [1.165, 1.54) is 55.3 Å². The maximum atomic E-state index is 14.5. The fourth-order valence-corrected chi connectivity index (χ4v) is 3.55. The van der Waals surface area contributed by atoms with Gasteiger partial charge in [0, 0.05) is 6.07 Å². The highest BCUT2D eigenvalue weighted by atomic mass is 19.1. The van der Waals surface area contributed by atoms with Crippen LogP contribution in [0.25, 0.3) is 0 Å². The van der Waals surface area contributed by atoms with Gasteiger partial charge in [0.2, 0.25) is 0 Å². The van der Waals surface area contributed by atoms with E-state index in [9.17, 15) is 13.6 Å². The van der Waals surface area contributed by atoms with E-state index in [1.54, 1.807) is 18.2 Å². The summed E-state index contributed by atoms with van der Waals surface area (Å²) in [7, 11) is 0. The number of hydrogen-bond acceptors (Lipinski definition) is 7. The molecular formula is C31H28F2N4O3. The predicted octanol–water partition coefficient (Wildman–Crippen LogP) is 9.97. The lowest BCUT2D eigenvalue weighted by atomic mass is 10.2. The van der Waals surface area contributed by atoms with Gasteiger partial charge >= 0.3 is 5.97 Å². The average Bonchev–Trinajstić information content (AvgIpc) is 2.97. The zero-order chi connectivity index (χ0) is 28.2. The second kappa shape index (κ2) is 14.4. The van der Waals surface area contributed by atoms with E-state index in [0.717, 1.165) is 24.7 Å². The summed E-state index contributed by atoms with van der Waals surface area (Å²) in [6, 6.07) is 23.1. The van der Waals surface area contributed by atoms with Crippen LogP contribution in [0.2, 0.25) is 0 Å². The van der Waals surface area contributed by atoms with Crippen molar-refractivity contribution in [3.05, 3.63) is 108 Å². The molecule has 40 heavy (non-hydrogen) atoms. The summed E-state index contributed by atoms with van der Waals surface area (Å²) in [6.07, 6.45) is 4.60. The van der Waals surface area contributed by atoms with E-state index in [1.807, 2.05) is 24.3 Å². The summed E-state index contributed by atoms with van der Waals surface area (Å²) >= 11 is 0. The van der Waals surface area contributed by atoms with Gasteiger partial charge in [-0.25, -0.2) is 13.6 Å². The number of hydrogen-bond donors (Lipinski definition) is 0. The van der Waals surface area contributed by atoms with Crippen LogP contribution in [-0.4, -0.2) is 12.6 Å². The number of unbranched alkanes of at least 4 members (excludes halogenated alkanes) is 3. The van der Waals surface area contributed by atoms with E-state index in [4.69, 9.17) is 9.47 Å². The molecule has 0 aliphatic rings. The molecule has 0 atom stereocenters. The monoisotopic (exact) mass is 542 g/mol. The number of carbonyl (C=O) groups is 1. The van der Waals surface area contributed by atoms with Crippen molar-refractivity contribution < 1.29 is 23.0 Å². The van der Waals surface area contributed by atoms with Gasteiger partial charge in [-0.1, -0.05) is 38.3 Å². The number of esters is 1. The number of carbonyl (C=O) groups excluding carboxylic acids is 1. The molecule has 7 nitrogen and oxygen atoms in total. The summed E-state index contributed by atoms with van der Waals surface area (Å²) in [4.78, 5) is 12.5. The Morgan fingerprint density at radius 1 is 0.700 bits per heavy atom. The van der Waals surface area contributed by atoms with Crippen LogP contribution in [0, 0.1) is 11.6 Å². The van der Waals surface area contributed by atoms with Gasteiger partial charge in [0.15, 0.2) is 17.4 Å². The predicted molar refractivity (Wildman–Crippen MR) is 149 cm³/mol. The van der Waals surface area contributed by atoms with Gasteiger partial charge in [-0.15, -0.1) is 5.11 Å². The molecule has 0 aliphatic heterocycles. The summed E-state index contributed by atoms with van der Waals surface area (Å²) in [5.41, 5.74) is 1.57. The highest BCUT2D eigenvalue weighted by Crippen LogP contribution is 2.27. The van der Waals surface area contributed by atoms with Crippen molar-refractivity contribution in [1.82, 2.24) is 0 Å². The van der Waals surface area contributed by atoms with Crippen LogP contribution in [0.4, 0.5) is 31.5 Å². The molecular weight excluding hydrogens is 514 g/mol. The van der Waals surface area contributed by atoms with Gasteiger partial charge < -0.3 is 9.47 Å². The van der Waals surface area contributed by atoms with Crippen LogP contribution in [0.1, 0.15) is 43.0 Å². The summed E-state index contributed by atoms with van der Waals surface area (Å²) in [5.74, 6) is -1.58. The Morgan fingerprint density at radius 3 is 2.02 bits per heavy atom. The smallest absolute Gasteiger partial charge is 0.343 e. The first-order chi connectivity index (χ1) is 19.5. The van der Waals surface area contributed by atoms with Gasteiger partial charge in [0.25, 0.3) is 0 Å². The maximum absolute atomic E-state index is 14.5. The molecule has 0 aliphatic carbocycles. The quantitative estimate of drug-likeness (QED) is 0.0772. The average molecular weight is 543 g/mol. The molecule has 0 heterocycles. The summed E-state index contributed by atoms with van der Waals surface area (Å²) < 4.78 is 39.1. The van der Waals surface area contributed by atoms with Crippen molar-refractivity contribution in [1.29, 1.82) is 0 Å². The molecule has 0 fully saturated rings. The number of ether oxygens (including phenoxy) is 2. The highest BCUT2D eigenvalue weighted by molar-refractivity contribution is 5.91. The Kier molecular flexibility index (Phi) is 10.2. The number of nitrogens with zero attached hydrogens (tertiary/aromatic N) is 4. The van der Waals surface area contributed by atoms with Gasteiger partial charge in [-0.3, -0.25) is 0 Å². The number of rotatable bonds is 12. The Morgan fingerprint density at radius 2 is 1.35 bits per heavy atom. The SMILES string of the molecule is CCCCCCOc1ccc(N=Nc2ccc(C(=O)Oc3ccc(N=Nc4ccccc4F)cc3F)cc2)cc1. The van der Waals surface area contributed by atoms with Crippen molar-refractivity contribution in [3.63, 3.8) is 0 Å². The Labute approximate surface area is 231 Å². The molecule has 4 rings (SSSR count). The normalized spacial score (nSPS) is 11.3. The standard InChI is InChI=1S/C31H28F2N4O3/c1-2-3-4-7-20-39-26-17-14-24(15-18-26)35-34-23-12-10-22(11-13-23)31(38)40-30-19-16-25(21-28(30)33)36-37-29-9-6-5-8-27(29)32/h5-6,8-19,21H,2-4,7,20H2,1H3. The van der Waals surface area contributed by atoms with Crippen molar-refractivity contribution in [2.24, 2.45) is 20.5 Å². The zero-order valence-electron chi connectivity index (χ0n) is 22.0. The largest absolute Gasteiger partial charge is 0.494 e. The fourth-order valence-electron chi connectivity index (χ4n) is 3.55. The highest BCUT2D eigenvalue weighted by Gasteiger charge is 2.13. The third-order valence-electron chi connectivity index (χ3n) is 5.73. The molecule has 0 saturated heterocycles. The topological polar surface area (TPSA) is 85.0 Å². The van der Waals surface area contributed by atoms with Gasteiger partial charge in [0.05, 0.1) is 29.2 Å². The molecule has 0 bridgehead atoms. The molecule has 4 aromatic carbocycles. The van der Waals surface area contributed by atoms with Gasteiger partial charge in [0.1, 0.15) is 11.4 Å². The number of halogens is 2. The lowest BCUT2D eigenvalue weighted by Gasteiger charge is -2.06. The van der Waals surface area contributed by atoms with Crippen molar-refractivity contribution in [3.8, 4) is 11.5 Å². The van der Waals surface area contributed by atoms with Crippen LogP contribution in [0.15, 0.2) is 111 Å². The molecule has 0 radical (unpaired) electrons. The molecule has 4 aromatic rings. The van der Waals surface area contributed by atoms with Crippen LogP contribution in [0.5, 0.6) is 11.5 Å². The lowest BCUT2D eigenvalue weighted by Crippen LogP contribution is -2.09. The Balaban J connectivity index is 1.30. The minimum absolute atomic E-state index is 0.0254. The van der Waals surface area contributed by atoms with Crippen LogP contribution < -0.4 is 9.47 Å². The molecule has 0 amide bonds. The Bertz CT molecular complexity index is 1470. The molecule has 0 N–H and O–H groups in total. The fraction of sp³-hybridized carbons (Fsp3) is 0.194. The van der Waals surface area contributed by atoms with Gasteiger partial charge in [-0.2, -0.15) is 15.3 Å². The van der Waals surface area contributed by atoms with Crippen LogP contribution in [0.3, 0.4) is 0 Å². The molecule has 0 saturated carbocycles. The maximum Gasteiger partial charge on any atom is 0.343 e. The first-order valence-electron chi connectivity index (χ1n) is 12.9. The second-order valence-corrected chi connectivity index (χ2v) is 8.81. The first-order valence-corrected chi connectivity index (χ1v) is 12.9. The van der Waals surface area contributed by atoms with Crippen molar-refractivity contribution in [2.45, 2.75) is 32.6 Å². The number of benzene rings is 4. The number of azo groups is 2. The molecule has 0 unspecified atom stereocenters. The van der Waals surface area contributed by atoms with Crippen molar-refractivity contribution >= 4 is 28.7 Å². The second-order valence-electron chi connectivity index (χ2n) is 8.81. The molecule has 204 valence electrons. The summed E-state index contributed by atoms with van der Waals surface area (Å²) in [5, 5.41) is 16.0. The minimum atomic E-state index is -0.809. The van der Waals surface area contributed by atoms with E-state index in [2.05, 4.69) is 27.4 Å². The first kappa shape index (κ1) is 28.2. The van der Waals surface area contributed by atoms with Crippen molar-refractivity contribution in [2.75, 3.05) is 6.61 Å². The van der Waals surface area contributed by atoms with Crippen LogP contribution >= 0.6 is 0 Å². The molecule has 0 aromatic heterocycles. The molecule has 9 heteroatoms. The third kappa shape index (κ3) is 8.36. The lowest BCUT2D eigenvalue weighted by molar-refractivity contribution is 0.0728. The van der Waals surface area contributed by atoms with E-state index in [-0.39, 0.29) is 22.7 Å². The van der Waals surface area contributed by atoms with E-state index < -0.39 is 17.6 Å². The third-order valence-corrected chi connectivity index (χ3v) is 5.73. The van der Waals surface area contributed by atoms with Gasteiger partial charge in [-0.05, 0) is 79.2 Å². The minimum Gasteiger partial charge on any atom is -0.494 e. The van der Waals surface area contributed by atoms with E-state index in [0.29, 0.717) is 18.0 Å². The molecule has 0 spiro atoms.